The normalized spacial score (nSPS) is 10.5. The summed E-state index contributed by atoms with van der Waals surface area (Å²) in [6.07, 6.45) is 0.967. The first-order valence-corrected chi connectivity index (χ1v) is 6.74. The number of halogens is 1. The number of nitrogens with zero attached hydrogens (tertiary/aromatic N) is 2. The summed E-state index contributed by atoms with van der Waals surface area (Å²) in [6.45, 7) is 4.65. The Morgan fingerprint density at radius 3 is 2.76 bits per heavy atom. The second kappa shape index (κ2) is 5.47. The van der Waals surface area contributed by atoms with Gasteiger partial charge in [0.15, 0.2) is 11.0 Å². The largest absolute Gasteiger partial charge is 0.367 e. The van der Waals surface area contributed by atoms with Gasteiger partial charge in [-0.2, -0.15) is 11.3 Å². The smallest absolute Gasteiger partial charge is 0.171 e. The molecule has 0 aliphatic carbocycles. The molecule has 2 rings (SSSR count). The third kappa shape index (κ3) is 3.17. The summed E-state index contributed by atoms with van der Waals surface area (Å²) in [6, 6.07) is 2.13. The van der Waals surface area contributed by atoms with Crippen molar-refractivity contribution >= 4 is 28.8 Å². The van der Waals surface area contributed by atoms with E-state index in [1.165, 1.54) is 5.56 Å². The van der Waals surface area contributed by atoms with Crippen LogP contribution in [-0.4, -0.2) is 16.5 Å². The number of aryl methyl sites for hydroxylation is 2. The molecule has 5 heteroatoms. The van der Waals surface area contributed by atoms with Crippen LogP contribution in [0.4, 0.5) is 5.82 Å². The number of rotatable bonds is 4. The fourth-order valence-electron chi connectivity index (χ4n) is 1.45. The molecule has 1 N–H and O–H groups in total. The first-order chi connectivity index (χ1) is 8.16. The van der Waals surface area contributed by atoms with Crippen LogP contribution >= 0.6 is 22.9 Å². The van der Waals surface area contributed by atoms with E-state index in [-0.39, 0.29) is 0 Å². The molecule has 0 atom stereocenters. The minimum Gasteiger partial charge on any atom is -0.367 e. The Balaban J connectivity index is 1.97. The van der Waals surface area contributed by atoms with Crippen molar-refractivity contribution in [3.05, 3.63) is 38.9 Å². The van der Waals surface area contributed by atoms with E-state index in [0.29, 0.717) is 11.0 Å². The molecular formula is C12H14ClN3S. The van der Waals surface area contributed by atoms with Crippen molar-refractivity contribution in [1.82, 2.24) is 9.97 Å². The molecule has 0 amide bonds. The maximum absolute atomic E-state index is 6.03. The topological polar surface area (TPSA) is 37.8 Å². The van der Waals surface area contributed by atoms with Crippen LogP contribution in [0.5, 0.6) is 0 Å². The van der Waals surface area contributed by atoms with E-state index in [2.05, 4.69) is 32.1 Å². The summed E-state index contributed by atoms with van der Waals surface area (Å²) < 4.78 is 0. The summed E-state index contributed by atoms with van der Waals surface area (Å²) >= 11 is 7.74. The lowest BCUT2D eigenvalue weighted by atomic mass is 10.2. The predicted molar refractivity (Wildman–Crippen MR) is 73.0 cm³/mol. The summed E-state index contributed by atoms with van der Waals surface area (Å²) in [5.41, 5.74) is 3.11. The van der Waals surface area contributed by atoms with Crippen LogP contribution in [0.25, 0.3) is 0 Å². The van der Waals surface area contributed by atoms with Gasteiger partial charge in [-0.1, -0.05) is 11.6 Å². The number of aromatic nitrogens is 2. The Morgan fingerprint density at radius 1 is 1.29 bits per heavy atom. The standard InChI is InChI=1S/C12H14ClN3S/c1-8-9(2)16-12(11(13)15-8)14-5-3-10-4-6-17-7-10/h4,6-7H,3,5H2,1-2H3,(H,14,16). The molecule has 0 saturated heterocycles. The van der Waals surface area contributed by atoms with E-state index in [0.717, 1.165) is 24.4 Å². The molecule has 0 saturated carbocycles. The number of hydrogen-bond acceptors (Lipinski definition) is 4. The molecule has 0 unspecified atom stereocenters. The van der Waals surface area contributed by atoms with Gasteiger partial charge in [-0.3, -0.25) is 0 Å². The molecule has 0 aliphatic heterocycles. The molecule has 2 aromatic heterocycles. The van der Waals surface area contributed by atoms with Crippen molar-refractivity contribution in [2.45, 2.75) is 20.3 Å². The third-order valence-corrected chi connectivity index (χ3v) is 3.55. The monoisotopic (exact) mass is 267 g/mol. The molecule has 2 aromatic rings. The van der Waals surface area contributed by atoms with E-state index < -0.39 is 0 Å². The fraction of sp³-hybridized carbons (Fsp3) is 0.333. The highest BCUT2D eigenvalue weighted by Gasteiger charge is 2.06. The highest BCUT2D eigenvalue weighted by atomic mass is 35.5. The molecule has 17 heavy (non-hydrogen) atoms. The van der Waals surface area contributed by atoms with Crippen LogP contribution in [0.2, 0.25) is 5.15 Å². The summed E-state index contributed by atoms with van der Waals surface area (Å²) in [4.78, 5) is 8.62. The lowest BCUT2D eigenvalue weighted by molar-refractivity contribution is 0.981. The Hall–Kier alpha value is -1.13. The average molecular weight is 268 g/mol. The maximum atomic E-state index is 6.03. The van der Waals surface area contributed by atoms with E-state index in [9.17, 15) is 0 Å². The minimum absolute atomic E-state index is 0.443. The zero-order valence-corrected chi connectivity index (χ0v) is 11.4. The quantitative estimate of drug-likeness (QED) is 0.922. The van der Waals surface area contributed by atoms with Crippen LogP contribution in [0.15, 0.2) is 16.8 Å². The van der Waals surface area contributed by atoms with Gasteiger partial charge < -0.3 is 5.32 Å². The van der Waals surface area contributed by atoms with Gasteiger partial charge in [0.2, 0.25) is 0 Å². The second-order valence-corrected chi connectivity index (χ2v) is 4.98. The van der Waals surface area contributed by atoms with E-state index >= 15 is 0 Å². The molecule has 0 bridgehead atoms. The van der Waals surface area contributed by atoms with Crippen molar-refractivity contribution in [3.63, 3.8) is 0 Å². The minimum atomic E-state index is 0.443. The lowest BCUT2D eigenvalue weighted by Gasteiger charge is -2.08. The van der Waals surface area contributed by atoms with Crippen molar-refractivity contribution in [1.29, 1.82) is 0 Å². The van der Waals surface area contributed by atoms with Crippen LogP contribution in [0.1, 0.15) is 17.0 Å². The summed E-state index contributed by atoms with van der Waals surface area (Å²) in [7, 11) is 0. The van der Waals surface area contributed by atoms with Crippen molar-refractivity contribution in [2.24, 2.45) is 0 Å². The van der Waals surface area contributed by atoms with Crippen molar-refractivity contribution in [2.75, 3.05) is 11.9 Å². The second-order valence-electron chi connectivity index (χ2n) is 3.84. The summed E-state index contributed by atoms with van der Waals surface area (Å²) in [5.74, 6) is 0.671. The highest BCUT2D eigenvalue weighted by Crippen LogP contribution is 2.18. The van der Waals surface area contributed by atoms with Gasteiger partial charge in [0.1, 0.15) is 0 Å². The van der Waals surface area contributed by atoms with Gasteiger partial charge in [0.25, 0.3) is 0 Å². The lowest BCUT2D eigenvalue weighted by Crippen LogP contribution is -2.08. The molecule has 90 valence electrons. The maximum Gasteiger partial charge on any atom is 0.171 e. The number of hydrogen-bond donors (Lipinski definition) is 1. The Bertz CT molecular complexity index is 497. The van der Waals surface area contributed by atoms with Crippen LogP contribution in [-0.2, 0) is 6.42 Å². The van der Waals surface area contributed by atoms with E-state index in [4.69, 9.17) is 11.6 Å². The van der Waals surface area contributed by atoms with Crippen molar-refractivity contribution in [3.8, 4) is 0 Å². The average Bonchev–Trinajstić information content (AvgIpc) is 2.78. The Morgan fingerprint density at radius 2 is 2.06 bits per heavy atom. The fourth-order valence-corrected chi connectivity index (χ4v) is 2.39. The molecule has 2 heterocycles. The SMILES string of the molecule is Cc1nc(Cl)c(NCCc2ccsc2)nc1C. The highest BCUT2D eigenvalue weighted by molar-refractivity contribution is 7.07. The van der Waals surface area contributed by atoms with Crippen LogP contribution in [0.3, 0.4) is 0 Å². The molecule has 0 aliphatic rings. The molecule has 0 aromatic carbocycles. The zero-order chi connectivity index (χ0) is 12.3. The molecule has 0 radical (unpaired) electrons. The van der Waals surface area contributed by atoms with Gasteiger partial charge >= 0.3 is 0 Å². The first-order valence-electron chi connectivity index (χ1n) is 5.42. The predicted octanol–water partition coefficient (Wildman–Crippen LogP) is 3.46. The van der Waals surface area contributed by atoms with Crippen LogP contribution in [0, 0.1) is 13.8 Å². The third-order valence-electron chi connectivity index (χ3n) is 2.55. The van der Waals surface area contributed by atoms with E-state index in [1.54, 1.807) is 11.3 Å². The van der Waals surface area contributed by atoms with Gasteiger partial charge in [0.05, 0.1) is 11.4 Å². The molecular weight excluding hydrogens is 254 g/mol. The zero-order valence-electron chi connectivity index (χ0n) is 9.83. The molecule has 0 spiro atoms. The number of thiophene rings is 1. The van der Waals surface area contributed by atoms with Gasteiger partial charge in [-0.25, -0.2) is 9.97 Å². The first kappa shape index (κ1) is 12.3. The van der Waals surface area contributed by atoms with Crippen LogP contribution < -0.4 is 5.32 Å². The summed E-state index contributed by atoms with van der Waals surface area (Å²) in [5, 5.41) is 7.89. The number of nitrogens with one attached hydrogen (secondary N) is 1. The van der Waals surface area contributed by atoms with Crippen molar-refractivity contribution < 1.29 is 0 Å². The van der Waals surface area contributed by atoms with Gasteiger partial charge in [-0.15, -0.1) is 0 Å². The number of anilines is 1. The Kier molecular flexibility index (Phi) is 3.97. The molecule has 0 fully saturated rings. The van der Waals surface area contributed by atoms with Gasteiger partial charge in [-0.05, 0) is 42.7 Å². The van der Waals surface area contributed by atoms with Gasteiger partial charge in [0, 0.05) is 6.54 Å². The van der Waals surface area contributed by atoms with E-state index in [1.807, 2.05) is 13.8 Å². The Labute approximate surface area is 110 Å². The molecule has 3 nitrogen and oxygen atoms in total.